The molecule has 0 bridgehead atoms. The van der Waals surface area contributed by atoms with Crippen LogP contribution in [0.1, 0.15) is 26.5 Å². The third-order valence-electron chi connectivity index (χ3n) is 3.84. The number of pyridine rings is 1. The Morgan fingerprint density at radius 1 is 0.889 bits per heavy atom. The highest BCUT2D eigenvalue weighted by Gasteiger charge is 2.13. The fourth-order valence-corrected chi connectivity index (χ4v) is 2.45. The number of methoxy groups -OCH3 is 1. The maximum atomic E-state index is 12.4. The molecule has 6 heteroatoms. The highest BCUT2D eigenvalue weighted by molar-refractivity contribution is 6.03. The first-order valence-corrected chi connectivity index (χ1v) is 8.40. The van der Waals surface area contributed by atoms with Crippen LogP contribution in [0.15, 0.2) is 72.8 Å². The van der Waals surface area contributed by atoms with Gasteiger partial charge in [0, 0.05) is 18.3 Å². The number of hydrogen-bond donors (Lipinski definition) is 2. The second-order valence-corrected chi connectivity index (χ2v) is 5.76. The minimum Gasteiger partial charge on any atom is -0.497 e. The Hall–Kier alpha value is -3.67. The zero-order valence-electron chi connectivity index (χ0n) is 14.8. The quantitative estimate of drug-likeness (QED) is 0.706. The lowest BCUT2D eigenvalue weighted by molar-refractivity contribution is 0.0945. The van der Waals surface area contributed by atoms with Crippen LogP contribution in [-0.2, 0) is 6.54 Å². The molecule has 0 saturated carbocycles. The fourth-order valence-electron chi connectivity index (χ4n) is 2.45. The standard InChI is InChI=1S/C21H19N3O3/c1-27-17-10-5-9-16(13-17)23-21(26)19-12-6-11-18(24-19)20(25)22-14-15-7-3-2-4-8-15/h2-13H,14H2,1H3,(H,22,25)(H,23,26). The van der Waals surface area contributed by atoms with Crippen molar-refractivity contribution in [2.75, 3.05) is 12.4 Å². The first kappa shape index (κ1) is 18.1. The molecule has 136 valence electrons. The van der Waals surface area contributed by atoms with Gasteiger partial charge in [-0.25, -0.2) is 4.98 Å². The number of anilines is 1. The number of carbonyl (C=O) groups excluding carboxylic acids is 2. The van der Waals surface area contributed by atoms with Crippen LogP contribution in [0.4, 0.5) is 5.69 Å². The van der Waals surface area contributed by atoms with Crippen molar-refractivity contribution in [1.82, 2.24) is 10.3 Å². The first-order valence-electron chi connectivity index (χ1n) is 8.40. The molecule has 1 heterocycles. The Morgan fingerprint density at radius 2 is 1.59 bits per heavy atom. The number of hydrogen-bond acceptors (Lipinski definition) is 4. The normalized spacial score (nSPS) is 10.1. The van der Waals surface area contributed by atoms with E-state index in [9.17, 15) is 9.59 Å². The maximum absolute atomic E-state index is 12.4. The molecule has 27 heavy (non-hydrogen) atoms. The molecule has 2 amide bonds. The number of nitrogens with zero attached hydrogens (tertiary/aromatic N) is 1. The number of amides is 2. The molecule has 3 aromatic rings. The molecule has 1 aromatic heterocycles. The summed E-state index contributed by atoms with van der Waals surface area (Å²) < 4.78 is 5.14. The Labute approximate surface area is 157 Å². The van der Waals surface area contributed by atoms with Gasteiger partial charge in [-0.2, -0.15) is 0 Å². The van der Waals surface area contributed by atoms with Gasteiger partial charge in [-0.05, 0) is 29.8 Å². The van der Waals surface area contributed by atoms with E-state index in [1.165, 1.54) is 0 Å². The van der Waals surface area contributed by atoms with Crippen LogP contribution < -0.4 is 15.4 Å². The molecule has 0 saturated heterocycles. The molecule has 2 aromatic carbocycles. The van der Waals surface area contributed by atoms with Crippen molar-refractivity contribution < 1.29 is 14.3 Å². The predicted octanol–water partition coefficient (Wildman–Crippen LogP) is 3.27. The topological polar surface area (TPSA) is 80.3 Å². The molecule has 2 N–H and O–H groups in total. The molecule has 3 rings (SSSR count). The summed E-state index contributed by atoms with van der Waals surface area (Å²) >= 11 is 0. The number of aromatic nitrogens is 1. The van der Waals surface area contributed by atoms with Crippen molar-refractivity contribution in [3.8, 4) is 5.75 Å². The van der Waals surface area contributed by atoms with Crippen molar-refractivity contribution in [3.05, 3.63) is 89.7 Å². The van der Waals surface area contributed by atoms with E-state index in [0.29, 0.717) is 18.0 Å². The van der Waals surface area contributed by atoms with Gasteiger partial charge in [0.25, 0.3) is 11.8 Å². The van der Waals surface area contributed by atoms with E-state index in [1.54, 1.807) is 49.6 Å². The van der Waals surface area contributed by atoms with E-state index in [-0.39, 0.29) is 17.3 Å². The summed E-state index contributed by atoms with van der Waals surface area (Å²) in [6, 6.07) is 21.3. The lowest BCUT2D eigenvalue weighted by Gasteiger charge is -2.08. The Bertz CT molecular complexity index is 942. The molecular formula is C21H19N3O3. The average molecular weight is 361 g/mol. The molecule has 0 aliphatic carbocycles. The van der Waals surface area contributed by atoms with Gasteiger partial charge in [0.15, 0.2) is 0 Å². The monoisotopic (exact) mass is 361 g/mol. The van der Waals surface area contributed by atoms with E-state index in [2.05, 4.69) is 15.6 Å². The summed E-state index contributed by atoms with van der Waals surface area (Å²) in [5, 5.41) is 5.54. The van der Waals surface area contributed by atoms with Gasteiger partial charge in [0.2, 0.25) is 0 Å². The van der Waals surface area contributed by atoms with Gasteiger partial charge < -0.3 is 15.4 Å². The summed E-state index contributed by atoms with van der Waals surface area (Å²) in [6.45, 7) is 0.390. The van der Waals surface area contributed by atoms with Crippen molar-refractivity contribution in [1.29, 1.82) is 0 Å². The second-order valence-electron chi connectivity index (χ2n) is 5.76. The number of ether oxygens (including phenoxy) is 1. The van der Waals surface area contributed by atoms with Crippen LogP contribution in [0, 0.1) is 0 Å². The first-order chi connectivity index (χ1) is 13.2. The Kier molecular flexibility index (Phi) is 5.79. The van der Waals surface area contributed by atoms with Crippen LogP contribution in [0.25, 0.3) is 0 Å². The Morgan fingerprint density at radius 3 is 2.33 bits per heavy atom. The van der Waals surface area contributed by atoms with E-state index in [4.69, 9.17) is 4.74 Å². The van der Waals surface area contributed by atoms with Crippen LogP contribution in [0.5, 0.6) is 5.75 Å². The number of nitrogens with one attached hydrogen (secondary N) is 2. The number of rotatable bonds is 6. The van der Waals surface area contributed by atoms with Crippen molar-refractivity contribution in [2.24, 2.45) is 0 Å². The Balaban J connectivity index is 1.66. The average Bonchev–Trinajstić information content (AvgIpc) is 2.73. The zero-order valence-corrected chi connectivity index (χ0v) is 14.8. The van der Waals surface area contributed by atoms with Gasteiger partial charge in [0.05, 0.1) is 7.11 Å². The van der Waals surface area contributed by atoms with Gasteiger partial charge in [-0.1, -0.05) is 42.5 Å². The van der Waals surface area contributed by atoms with Crippen LogP contribution in [0.2, 0.25) is 0 Å². The highest BCUT2D eigenvalue weighted by atomic mass is 16.5. The molecule has 0 atom stereocenters. The summed E-state index contributed by atoms with van der Waals surface area (Å²) in [4.78, 5) is 28.9. The minimum absolute atomic E-state index is 0.158. The summed E-state index contributed by atoms with van der Waals surface area (Å²) in [5.41, 5.74) is 1.91. The molecule has 0 aliphatic rings. The number of carbonyl (C=O) groups is 2. The predicted molar refractivity (Wildman–Crippen MR) is 103 cm³/mol. The van der Waals surface area contributed by atoms with Gasteiger partial charge in [-0.3, -0.25) is 9.59 Å². The second kappa shape index (κ2) is 8.62. The lowest BCUT2D eigenvalue weighted by Crippen LogP contribution is -2.25. The van der Waals surface area contributed by atoms with E-state index >= 15 is 0 Å². The highest BCUT2D eigenvalue weighted by Crippen LogP contribution is 2.17. The van der Waals surface area contributed by atoms with Gasteiger partial charge in [0.1, 0.15) is 17.1 Å². The summed E-state index contributed by atoms with van der Waals surface area (Å²) in [7, 11) is 1.56. The van der Waals surface area contributed by atoms with E-state index in [0.717, 1.165) is 5.56 Å². The molecule has 0 radical (unpaired) electrons. The van der Waals surface area contributed by atoms with Crippen LogP contribution >= 0.6 is 0 Å². The summed E-state index contributed by atoms with van der Waals surface area (Å²) in [5.74, 6) is -0.106. The molecular weight excluding hydrogens is 342 g/mol. The van der Waals surface area contributed by atoms with Crippen molar-refractivity contribution in [3.63, 3.8) is 0 Å². The molecule has 0 unspecified atom stereocenters. The molecule has 0 aliphatic heterocycles. The SMILES string of the molecule is COc1cccc(NC(=O)c2cccc(C(=O)NCc3ccccc3)n2)c1. The third kappa shape index (κ3) is 4.92. The molecule has 0 fully saturated rings. The summed E-state index contributed by atoms with van der Waals surface area (Å²) in [6.07, 6.45) is 0. The third-order valence-corrected chi connectivity index (χ3v) is 3.84. The lowest BCUT2D eigenvalue weighted by atomic mass is 10.2. The van der Waals surface area contributed by atoms with Gasteiger partial charge in [-0.15, -0.1) is 0 Å². The van der Waals surface area contributed by atoms with Crippen molar-refractivity contribution in [2.45, 2.75) is 6.54 Å². The fraction of sp³-hybridized carbons (Fsp3) is 0.0952. The van der Waals surface area contributed by atoms with Crippen LogP contribution in [0.3, 0.4) is 0 Å². The largest absolute Gasteiger partial charge is 0.497 e. The molecule has 0 spiro atoms. The van der Waals surface area contributed by atoms with Crippen LogP contribution in [-0.4, -0.2) is 23.9 Å². The zero-order chi connectivity index (χ0) is 19.1. The van der Waals surface area contributed by atoms with Gasteiger partial charge >= 0.3 is 0 Å². The number of benzene rings is 2. The van der Waals surface area contributed by atoms with Crippen molar-refractivity contribution >= 4 is 17.5 Å². The maximum Gasteiger partial charge on any atom is 0.274 e. The molecule has 6 nitrogen and oxygen atoms in total. The smallest absolute Gasteiger partial charge is 0.274 e. The van der Waals surface area contributed by atoms with E-state index in [1.807, 2.05) is 30.3 Å². The van der Waals surface area contributed by atoms with E-state index < -0.39 is 5.91 Å². The minimum atomic E-state index is -0.402.